The van der Waals surface area contributed by atoms with Crippen molar-refractivity contribution in [2.45, 2.75) is 109 Å². The van der Waals surface area contributed by atoms with Crippen molar-refractivity contribution in [3.8, 4) is 0 Å². The van der Waals surface area contributed by atoms with Crippen LogP contribution in [0.5, 0.6) is 0 Å². The number of rotatable bonds is 14. The third-order valence-electron chi connectivity index (χ3n) is 6.96. The average molecular weight is 500 g/mol. The zero-order valence-electron chi connectivity index (χ0n) is 21.9. The lowest BCUT2D eigenvalue weighted by Crippen LogP contribution is -2.49. The lowest BCUT2D eigenvalue weighted by atomic mass is 10.1. The molecule has 196 valence electrons. The summed E-state index contributed by atoms with van der Waals surface area (Å²) in [6, 6.07) is 1.71. The summed E-state index contributed by atoms with van der Waals surface area (Å²) < 4.78 is 19.6. The van der Waals surface area contributed by atoms with Crippen LogP contribution in [0.3, 0.4) is 0 Å². The Labute approximate surface area is 205 Å². The van der Waals surface area contributed by atoms with Crippen molar-refractivity contribution in [3.63, 3.8) is 0 Å². The van der Waals surface area contributed by atoms with Gasteiger partial charge in [0, 0.05) is 12.7 Å². The van der Waals surface area contributed by atoms with Gasteiger partial charge < -0.3 is 29.4 Å². The first-order valence-corrected chi connectivity index (χ1v) is 14.8. The molecule has 1 aliphatic rings. The predicted molar refractivity (Wildman–Crippen MR) is 135 cm³/mol. The molecule has 2 rings (SSSR count). The molecule has 1 aromatic heterocycles. The van der Waals surface area contributed by atoms with Gasteiger partial charge in [-0.1, -0.05) is 61.3 Å². The lowest BCUT2D eigenvalue weighted by Gasteiger charge is -2.42. The van der Waals surface area contributed by atoms with Crippen molar-refractivity contribution in [3.05, 3.63) is 22.7 Å². The van der Waals surface area contributed by atoms with Gasteiger partial charge in [0.1, 0.15) is 30.9 Å². The number of aliphatic hydroxyl groups is 2. The highest BCUT2D eigenvalue weighted by molar-refractivity contribution is 6.77. The van der Waals surface area contributed by atoms with Crippen LogP contribution in [0.2, 0.25) is 16.6 Å². The maximum absolute atomic E-state index is 12.8. The molecule has 0 saturated carbocycles. The molecule has 4 atom stereocenters. The molecule has 1 aliphatic heterocycles. The Morgan fingerprint density at radius 1 is 1.18 bits per heavy atom. The molecule has 0 unspecified atom stereocenters. The first kappa shape index (κ1) is 28.9. The minimum atomic E-state index is -2.17. The van der Waals surface area contributed by atoms with Crippen molar-refractivity contribution >= 4 is 14.1 Å². The quantitative estimate of drug-likeness (QED) is 0.202. The van der Waals surface area contributed by atoms with Crippen LogP contribution in [0, 0.1) is 0 Å². The number of hydrogen-bond donors (Lipinski definition) is 3. The van der Waals surface area contributed by atoms with Gasteiger partial charge in [0.25, 0.3) is 0 Å². The molecule has 0 radical (unpaired) electrons. The summed E-state index contributed by atoms with van der Waals surface area (Å²) in [6.45, 7) is 15.6. The van der Waals surface area contributed by atoms with E-state index in [1.165, 1.54) is 4.57 Å². The molecule has 0 bridgehead atoms. The Hall–Kier alpha value is -1.30. The highest BCUT2D eigenvalue weighted by Crippen LogP contribution is 2.42. The van der Waals surface area contributed by atoms with Gasteiger partial charge in [-0.2, -0.15) is 4.98 Å². The van der Waals surface area contributed by atoms with Crippen molar-refractivity contribution in [1.29, 1.82) is 0 Å². The summed E-state index contributed by atoms with van der Waals surface area (Å²) in [5, 5.41) is 23.6. The van der Waals surface area contributed by atoms with E-state index in [2.05, 4.69) is 58.8 Å². The fourth-order valence-corrected chi connectivity index (χ4v) is 10.6. The smallest absolute Gasteiger partial charge is 0.351 e. The SMILES string of the molecule is CCCCCNc1ccn([C@@H]2O[C@H](CO)[C@@H](O)[C@H]2OCO[Si](C(C)C)(C(C)C)C(C)C)c(=O)n1. The molecule has 9 nitrogen and oxygen atoms in total. The molecule has 1 aromatic rings. The second kappa shape index (κ2) is 13.1. The fourth-order valence-electron chi connectivity index (χ4n) is 5.28. The monoisotopic (exact) mass is 499 g/mol. The van der Waals surface area contributed by atoms with Crippen LogP contribution in [-0.2, 0) is 13.9 Å². The van der Waals surface area contributed by atoms with Crippen molar-refractivity contribution in [1.82, 2.24) is 9.55 Å². The van der Waals surface area contributed by atoms with E-state index in [1.807, 2.05) is 0 Å². The first-order valence-electron chi connectivity index (χ1n) is 12.6. The second-order valence-electron chi connectivity index (χ2n) is 10.1. The van der Waals surface area contributed by atoms with Gasteiger partial charge in [-0.05, 0) is 29.1 Å². The maximum atomic E-state index is 12.8. The van der Waals surface area contributed by atoms with Gasteiger partial charge in [0.2, 0.25) is 8.32 Å². The molecule has 0 spiro atoms. The minimum Gasteiger partial charge on any atom is -0.394 e. The molecule has 0 amide bonds. The number of ether oxygens (including phenoxy) is 2. The molecule has 3 N–H and O–H groups in total. The molecule has 0 aliphatic carbocycles. The van der Waals surface area contributed by atoms with Crippen LogP contribution in [0.25, 0.3) is 0 Å². The van der Waals surface area contributed by atoms with Gasteiger partial charge in [-0.25, -0.2) is 4.79 Å². The Morgan fingerprint density at radius 3 is 2.35 bits per heavy atom. The molecular formula is C24H45N3O6Si. The highest BCUT2D eigenvalue weighted by Gasteiger charge is 2.48. The zero-order valence-corrected chi connectivity index (χ0v) is 22.9. The van der Waals surface area contributed by atoms with Gasteiger partial charge in [0.05, 0.1) is 6.61 Å². The van der Waals surface area contributed by atoms with E-state index in [0.29, 0.717) is 22.4 Å². The fraction of sp³-hybridized carbons (Fsp3) is 0.833. The van der Waals surface area contributed by atoms with Crippen LogP contribution in [0.4, 0.5) is 5.82 Å². The number of nitrogens with zero attached hydrogens (tertiary/aromatic N) is 2. The Balaban J connectivity index is 2.17. The van der Waals surface area contributed by atoms with E-state index < -0.39 is 38.5 Å². The molecule has 2 heterocycles. The second-order valence-corrected chi connectivity index (χ2v) is 15.5. The minimum absolute atomic E-state index is 0.0141. The van der Waals surface area contributed by atoms with E-state index in [0.717, 1.165) is 25.8 Å². The summed E-state index contributed by atoms with van der Waals surface area (Å²) in [5.74, 6) is 0.497. The Bertz CT molecular complexity index is 781. The van der Waals surface area contributed by atoms with E-state index >= 15 is 0 Å². The third kappa shape index (κ3) is 6.47. The van der Waals surface area contributed by atoms with Crippen molar-refractivity contribution < 1.29 is 24.1 Å². The van der Waals surface area contributed by atoms with Gasteiger partial charge in [-0.3, -0.25) is 4.57 Å². The molecule has 0 aromatic carbocycles. The Morgan fingerprint density at radius 2 is 1.82 bits per heavy atom. The van der Waals surface area contributed by atoms with Gasteiger partial charge >= 0.3 is 5.69 Å². The molecule has 10 heteroatoms. The number of unbranched alkanes of at least 4 members (excludes halogenated alkanes) is 2. The van der Waals surface area contributed by atoms with Crippen LogP contribution >= 0.6 is 0 Å². The highest BCUT2D eigenvalue weighted by atomic mass is 28.4. The Kier molecular flexibility index (Phi) is 11.2. The van der Waals surface area contributed by atoms with Gasteiger partial charge in [-0.15, -0.1) is 0 Å². The standard InChI is InChI=1S/C24H45N3O6Si/c1-8-9-10-12-25-20-11-13-27(24(30)26-20)23-22(21(29)19(14-28)33-23)31-15-32-34(16(2)3,17(4)5)18(6)7/h11,13,16-19,21-23,28-29H,8-10,12,14-15H2,1-7H3,(H,25,26,30)/t19-,21-,22-,23-/m1/s1. The number of hydrogen-bond acceptors (Lipinski definition) is 8. The first-order chi connectivity index (χ1) is 16.1. The molecule has 1 saturated heterocycles. The third-order valence-corrected chi connectivity index (χ3v) is 13.0. The number of nitrogens with one attached hydrogen (secondary N) is 1. The van der Waals surface area contributed by atoms with Crippen molar-refractivity contribution in [2.24, 2.45) is 0 Å². The normalized spacial score (nSPS) is 23.4. The number of aliphatic hydroxyl groups excluding tert-OH is 2. The predicted octanol–water partition coefficient (Wildman–Crippen LogP) is 3.63. The van der Waals surface area contributed by atoms with Crippen molar-refractivity contribution in [2.75, 3.05) is 25.3 Å². The van der Waals surface area contributed by atoms with E-state index in [1.54, 1.807) is 12.3 Å². The summed E-state index contributed by atoms with van der Waals surface area (Å²) in [5.41, 5.74) is 0.629. The summed E-state index contributed by atoms with van der Waals surface area (Å²) in [4.78, 5) is 16.9. The summed E-state index contributed by atoms with van der Waals surface area (Å²) in [6.07, 6.45) is 1.04. The summed E-state index contributed by atoms with van der Waals surface area (Å²) >= 11 is 0. The van der Waals surface area contributed by atoms with Crippen LogP contribution in [0.1, 0.15) is 74.0 Å². The lowest BCUT2D eigenvalue weighted by molar-refractivity contribution is -0.114. The van der Waals surface area contributed by atoms with Crippen LogP contribution in [-0.4, -0.2) is 66.3 Å². The average Bonchev–Trinajstić information content (AvgIpc) is 3.08. The van der Waals surface area contributed by atoms with Crippen LogP contribution < -0.4 is 11.0 Å². The maximum Gasteiger partial charge on any atom is 0.351 e. The van der Waals surface area contributed by atoms with E-state index in [-0.39, 0.29) is 13.4 Å². The molecular weight excluding hydrogens is 454 g/mol. The summed E-state index contributed by atoms with van der Waals surface area (Å²) in [7, 11) is -2.17. The van der Waals surface area contributed by atoms with E-state index in [9.17, 15) is 15.0 Å². The van der Waals surface area contributed by atoms with E-state index in [4.69, 9.17) is 13.9 Å². The number of aromatic nitrogens is 2. The van der Waals surface area contributed by atoms with Gasteiger partial charge in [0.15, 0.2) is 6.23 Å². The van der Waals surface area contributed by atoms with Crippen LogP contribution in [0.15, 0.2) is 17.1 Å². The molecule has 34 heavy (non-hydrogen) atoms. The molecule has 1 fully saturated rings. The number of anilines is 1. The zero-order chi connectivity index (χ0) is 25.5. The largest absolute Gasteiger partial charge is 0.394 e. The topological polar surface area (TPSA) is 115 Å².